The number of hydrogen-bond acceptors (Lipinski definition) is 3. The van der Waals surface area contributed by atoms with Crippen molar-refractivity contribution >= 4 is 0 Å². The van der Waals surface area contributed by atoms with E-state index in [1.54, 1.807) is 0 Å². The Morgan fingerprint density at radius 3 is 3.27 bits per heavy atom. The molecule has 1 N–H and O–H groups in total. The molecule has 2 rings (SSSR count). The third-order valence-corrected chi connectivity index (χ3v) is 2.13. The highest BCUT2D eigenvalue weighted by Gasteiger charge is 2.19. The van der Waals surface area contributed by atoms with Gasteiger partial charge in [-0.1, -0.05) is 5.16 Å². The predicted octanol–water partition coefficient (Wildman–Crippen LogP) is 0.883. The van der Waals surface area contributed by atoms with Crippen molar-refractivity contribution in [1.82, 2.24) is 10.5 Å². The zero-order chi connectivity index (χ0) is 7.68. The largest absolute Gasteiger partial charge is 0.359 e. The van der Waals surface area contributed by atoms with Gasteiger partial charge in [0.1, 0.15) is 0 Å². The van der Waals surface area contributed by atoms with Crippen LogP contribution in [0.1, 0.15) is 23.4 Å². The second-order valence-electron chi connectivity index (χ2n) is 2.91. The van der Waals surface area contributed by atoms with Crippen LogP contribution in [0.3, 0.4) is 0 Å². The van der Waals surface area contributed by atoms with E-state index < -0.39 is 0 Å². The van der Waals surface area contributed by atoms with Crippen LogP contribution in [0.15, 0.2) is 4.52 Å². The zero-order valence-corrected chi connectivity index (χ0v) is 6.68. The molecule has 0 atom stereocenters. The lowest BCUT2D eigenvalue weighted by atomic mass is 10.2. The Labute approximate surface area is 65.8 Å². The third kappa shape index (κ3) is 1.05. The highest BCUT2D eigenvalue weighted by Crippen LogP contribution is 2.24. The standard InChI is InChI=1S/C8H12N2O/c1-9-5-8-6-3-2-4-7(6)10-11-8/h9H,2-5H2,1H3. The Balaban J connectivity index is 2.27. The number of fused-ring (bicyclic) bond motifs is 1. The van der Waals surface area contributed by atoms with Crippen molar-refractivity contribution in [3.63, 3.8) is 0 Å². The summed E-state index contributed by atoms with van der Waals surface area (Å²) in [5.41, 5.74) is 2.52. The van der Waals surface area contributed by atoms with Gasteiger partial charge in [-0.2, -0.15) is 0 Å². The first-order valence-corrected chi connectivity index (χ1v) is 4.02. The SMILES string of the molecule is CNCc1onc2c1CCC2. The summed E-state index contributed by atoms with van der Waals surface area (Å²) >= 11 is 0. The van der Waals surface area contributed by atoms with Crippen molar-refractivity contribution in [1.29, 1.82) is 0 Å². The molecule has 0 saturated carbocycles. The molecule has 0 unspecified atom stereocenters. The van der Waals surface area contributed by atoms with E-state index in [1.165, 1.54) is 17.7 Å². The maximum absolute atomic E-state index is 5.17. The number of aryl methyl sites for hydroxylation is 1. The van der Waals surface area contributed by atoms with Gasteiger partial charge in [0.25, 0.3) is 0 Å². The quantitative estimate of drug-likeness (QED) is 0.683. The summed E-state index contributed by atoms with van der Waals surface area (Å²) in [6, 6.07) is 0. The molecule has 0 aromatic carbocycles. The predicted molar refractivity (Wildman–Crippen MR) is 41.3 cm³/mol. The fourth-order valence-electron chi connectivity index (χ4n) is 1.59. The van der Waals surface area contributed by atoms with Crippen LogP contribution >= 0.6 is 0 Å². The van der Waals surface area contributed by atoms with E-state index in [1.807, 2.05) is 7.05 Å². The average molecular weight is 152 g/mol. The Bertz CT molecular complexity index is 255. The molecule has 0 bridgehead atoms. The van der Waals surface area contributed by atoms with Gasteiger partial charge < -0.3 is 9.84 Å². The topological polar surface area (TPSA) is 38.1 Å². The van der Waals surface area contributed by atoms with Gasteiger partial charge >= 0.3 is 0 Å². The van der Waals surface area contributed by atoms with E-state index in [9.17, 15) is 0 Å². The molecule has 1 aromatic heterocycles. The fraction of sp³-hybridized carbons (Fsp3) is 0.625. The normalized spacial score (nSPS) is 15.4. The molecule has 0 aliphatic heterocycles. The molecule has 1 heterocycles. The van der Waals surface area contributed by atoms with E-state index in [2.05, 4.69) is 10.5 Å². The number of nitrogens with zero attached hydrogens (tertiary/aromatic N) is 1. The molecular weight excluding hydrogens is 140 g/mol. The summed E-state index contributed by atoms with van der Waals surface area (Å²) in [5, 5.41) is 7.07. The lowest BCUT2D eigenvalue weighted by Crippen LogP contribution is -2.05. The second-order valence-corrected chi connectivity index (χ2v) is 2.91. The minimum atomic E-state index is 0.808. The Hall–Kier alpha value is -0.830. The van der Waals surface area contributed by atoms with E-state index in [4.69, 9.17) is 4.52 Å². The van der Waals surface area contributed by atoms with Crippen molar-refractivity contribution in [3.05, 3.63) is 17.0 Å². The summed E-state index contributed by atoms with van der Waals surface area (Å²) in [6.07, 6.45) is 3.49. The molecule has 0 spiro atoms. The molecular formula is C8H12N2O. The summed E-state index contributed by atoms with van der Waals surface area (Å²) in [4.78, 5) is 0. The summed E-state index contributed by atoms with van der Waals surface area (Å²) in [7, 11) is 1.92. The van der Waals surface area contributed by atoms with Gasteiger partial charge in [0, 0.05) is 5.56 Å². The van der Waals surface area contributed by atoms with Crippen molar-refractivity contribution in [2.45, 2.75) is 25.8 Å². The van der Waals surface area contributed by atoms with Crippen molar-refractivity contribution < 1.29 is 4.52 Å². The van der Waals surface area contributed by atoms with Crippen molar-refractivity contribution in [3.8, 4) is 0 Å². The second kappa shape index (κ2) is 2.66. The van der Waals surface area contributed by atoms with Crippen LogP contribution in [-0.2, 0) is 19.4 Å². The molecule has 1 aliphatic carbocycles. The van der Waals surface area contributed by atoms with E-state index in [0.717, 1.165) is 25.1 Å². The monoisotopic (exact) mass is 152 g/mol. The van der Waals surface area contributed by atoms with Crippen LogP contribution in [-0.4, -0.2) is 12.2 Å². The Morgan fingerprint density at radius 1 is 1.55 bits per heavy atom. The molecule has 60 valence electrons. The van der Waals surface area contributed by atoms with Gasteiger partial charge in [-0.25, -0.2) is 0 Å². The van der Waals surface area contributed by atoms with Crippen LogP contribution in [0.4, 0.5) is 0 Å². The molecule has 1 aliphatic rings. The molecule has 11 heavy (non-hydrogen) atoms. The first-order valence-electron chi connectivity index (χ1n) is 4.02. The van der Waals surface area contributed by atoms with Gasteiger partial charge in [0.05, 0.1) is 12.2 Å². The summed E-state index contributed by atoms with van der Waals surface area (Å²) in [6.45, 7) is 0.808. The van der Waals surface area contributed by atoms with Crippen LogP contribution in [0.5, 0.6) is 0 Å². The zero-order valence-electron chi connectivity index (χ0n) is 6.68. The first kappa shape index (κ1) is 6.85. The third-order valence-electron chi connectivity index (χ3n) is 2.13. The number of aromatic nitrogens is 1. The Morgan fingerprint density at radius 2 is 2.45 bits per heavy atom. The lowest BCUT2D eigenvalue weighted by molar-refractivity contribution is 0.367. The number of nitrogens with one attached hydrogen (secondary N) is 1. The van der Waals surface area contributed by atoms with Crippen LogP contribution in [0, 0.1) is 0 Å². The summed E-state index contributed by atoms with van der Waals surface area (Å²) in [5.74, 6) is 1.03. The minimum Gasteiger partial charge on any atom is -0.359 e. The van der Waals surface area contributed by atoms with Gasteiger partial charge in [0.2, 0.25) is 0 Å². The van der Waals surface area contributed by atoms with Crippen LogP contribution < -0.4 is 5.32 Å². The van der Waals surface area contributed by atoms with Gasteiger partial charge in [0.15, 0.2) is 5.76 Å². The van der Waals surface area contributed by atoms with Crippen molar-refractivity contribution in [2.75, 3.05) is 7.05 Å². The van der Waals surface area contributed by atoms with Crippen molar-refractivity contribution in [2.24, 2.45) is 0 Å². The van der Waals surface area contributed by atoms with Crippen LogP contribution in [0.2, 0.25) is 0 Å². The Kier molecular flexibility index (Phi) is 1.66. The smallest absolute Gasteiger partial charge is 0.153 e. The van der Waals surface area contributed by atoms with Gasteiger partial charge in [-0.05, 0) is 26.3 Å². The molecule has 0 amide bonds. The highest BCUT2D eigenvalue weighted by molar-refractivity contribution is 5.27. The van der Waals surface area contributed by atoms with E-state index in [0.29, 0.717) is 0 Å². The maximum Gasteiger partial charge on any atom is 0.153 e. The number of hydrogen-bond donors (Lipinski definition) is 1. The molecule has 0 saturated heterocycles. The molecule has 0 fully saturated rings. The first-order chi connectivity index (χ1) is 5.42. The van der Waals surface area contributed by atoms with E-state index in [-0.39, 0.29) is 0 Å². The fourth-order valence-corrected chi connectivity index (χ4v) is 1.59. The average Bonchev–Trinajstić information content (AvgIpc) is 2.53. The van der Waals surface area contributed by atoms with Gasteiger partial charge in [-0.15, -0.1) is 0 Å². The molecule has 3 nitrogen and oxygen atoms in total. The number of rotatable bonds is 2. The molecule has 0 radical (unpaired) electrons. The highest BCUT2D eigenvalue weighted by atomic mass is 16.5. The van der Waals surface area contributed by atoms with Crippen LogP contribution in [0.25, 0.3) is 0 Å². The molecule has 1 aromatic rings. The minimum absolute atomic E-state index is 0.808. The van der Waals surface area contributed by atoms with E-state index >= 15 is 0 Å². The summed E-state index contributed by atoms with van der Waals surface area (Å²) < 4.78 is 5.17. The van der Waals surface area contributed by atoms with Gasteiger partial charge in [-0.3, -0.25) is 0 Å². The lowest BCUT2D eigenvalue weighted by Gasteiger charge is -1.94. The maximum atomic E-state index is 5.17. The molecule has 3 heteroatoms.